The summed E-state index contributed by atoms with van der Waals surface area (Å²) in [6.07, 6.45) is 0.624. The monoisotopic (exact) mass is 206 g/mol. The number of hydrogen-bond donors (Lipinski definition) is 2. The van der Waals surface area contributed by atoms with Gasteiger partial charge in [0.25, 0.3) is 0 Å². The van der Waals surface area contributed by atoms with Crippen LogP contribution in [0.4, 0.5) is 0 Å². The van der Waals surface area contributed by atoms with Crippen LogP contribution in [0.25, 0.3) is 0 Å². The van der Waals surface area contributed by atoms with E-state index in [2.05, 4.69) is 10.6 Å². The van der Waals surface area contributed by atoms with E-state index in [0.29, 0.717) is 31.8 Å². The van der Waals surface area contributed by atoms with Gasteiger partial charge in [-0.25, -0.2) is 0 Å². The normalized spacial score (nSPS) is 9.38. The molecule has 0 aliphatic heterocycles. The molecule has 0 rings (SSSR count). The van der Waals surface area contributed by atoms with Gasteiger partial charge in [-0.2, -0.15) is 0 Å². The second kappa shape index (κ2) is 7.86. The van der Waals surface area contributed by atoms with Gasteiger partial charge in [0.15, 0.2) is 0 Å². The van der Waals surface area contributed by atoms with E-state index in [9.17, 15) is 9.59 Å². The lowest BCUT2D eigenvalue weighted by atomic mass is 10.3. The molecule has 0 heterocycles. The maximum Gasteiger partial charge on any atom is 0.221 e. The molecule has 0 aliphatic rings. The Balaban J connectivity index is 3.33. The van der Waals surface area contributed by atoms with Crippen LogP contribution in [-0.2, 0) is 9.59 Å². The molecule has 0 aromatic heterocycles. The third-order valence-corrected chi connectivity index (χ3v) is 1.56. The summed E-state index contributed by atoms with van der Waals surface area (Å²) in [4.78, 5) is 21.7. The second-order valence-corrected chi connectivity index (χ2v) is 2.87. The first kappa shape index (κ1) is 12.2. The minimum atomic E-state index is -0.112. The lowest BCUT2D eigenvalue weighted by molar-refractivity contribution is -0.122. The maximum atomic E-state index is 10.9. The van der Waals surface area contributed by atoms with Crippen LogP contribution >= 0.6 is 11.6 Å². The van der Waals surface area contributed by atoms with Crippen molar-refractivity contribution >= 4 is 23.4 Å². The van der Waals surface area contributed by atoms with Gasteiger partial charge in [0.1, 0.15) is 0 Å². The predicted molar refractivity (Wildman–Crippen MR) is 51.6 cm³/mol. The van der Waals surface area contributed by atoms with E-state index in [1.165, 1.54) is 0 Å². The van der Waals surface area contributed by atoms with Crippen LogP contribution in [0.2, 0.25) is 0 Å². The predicted octanol–water partition coefficient (Wildman–Crippen LogP) is 0.258. The number of rotatable bonds is 6. The van der Waals surface area contributed by atoms with Gasteiger partial charge < -0.3 is 10.6 Å². The molecule has 0 aromatic rings. The number of carbonyl (C=O) groups is 2. The van der Waals surface area contributed by atoms with Crippen LogP contribution in [0.3, 0.4) is 0 Å². The number of nitrogens with one attached hydrogen (secondary N) is 2. The Hall–Kier alpha value is -0.770. The van der Waals surface area contributed by atoms with E-state index in [1.54, 1.807) is 0 Å². The summed E-state index contributed by atoms with van der Waals surface area (Å²) in [6, 6.07) is 0. The van der Waals surface area contributed by atoms with Crippen molar-refractivity contribution in [2.75, 3.05) is 19.0 Å². The molecule has 13 heavy (non-hydrogen) atoms. The highest BCUT2D eigenvalue weighted by Crippen LogP contribution is 1.84. The van der Waals surface area contributed by atoms with Crippen molar-refractivity contribution in [3.63, 3.8) is 0 Å². The fourth-order valence-corrected chi connectivity index (χ4v) is 0.947. The van der Waals surface area contributed by atoms with Gasteiger partial charge in [-0.15, -0.1) is 11.6 Å². The zero-order valence-electron chi connectivity index (χ0n) is 7.73. The van der Waals surface area contributed by atoms with E-state index in [4.69, 9.17) is 11.6 Å². The minimum absolute atomic E-state index is 0.0475. The number of halogens is 1. The van der Waals surface area contributed by atoms with Crippen LogP contribution in [0.5, 0.6) is 0 Å². The zero-order chi connectivity index (χ0) is 10.1. The summed E-state index contributed by atoms with van der Waals surface area (Å²) < 4.78 is 0. The van der Waals surface area contributed by atoms with E-state index in [0.717, 1.165) is 0 Å². The number of amides is 2. The fourth-order valence-electron chi connectivity index (χ4n) is 0.775. The molecule has 4 nitrogen and oxygen atoms in total. The fraction of sp³-hybridized carbons (Fsp3) is 0.750. The first-order valence-electron chi connectivity index (χ1n) is 4.30. The second-order valence-electron chi connectivity index (χ2n) is 2.49. The molecule has 76 valence electrons. The van der Waals surface area contributed by atoms with Gasteiger partial charge in [-0.1, -0.05) is 0 Å². The lowest BCUT2D eigenvalue weighted by Crippen LogP contribution is -2.30. The molecule has 0 atom stereocenters. The van der Waals surface area contributed by atoms with Crippen molar-refractivity contribution in [1.29, 1.82) is 0 Å². The zero-order valence-corrected chi connectivity index (χ0v) is 8.49. The van der Waals surface area contributed by atoms with Gasteiger partial charge in [0.05, 0.1) is 0 Å². The summed E-state index contributed by atoms with van der Waals surface area (Å²) in [5, 5.41) is 5.22. The van der Waals surface area contributed by atoms with Gasteiger partial charge in [0.2, 0.25) is 11.8 Å². The molecule has 2 amide bonds. The van der Waals surface area contributed by atoms with Gasteiger partial charge >= 0.3 is 0 Å². The Morgan fingerprint density at radius 3 is 2.31 bits per heavy atom. The number of hydrogen-bond acceptors (Lipinski definition) is 2. The highest BCUT2D eigenvalue weighted by atomic mass is 35.5. The molecule has 0 saturated heterocycles. The maximum absolute atomic E-state index is 10.9. The Labute approximate surface area is 83.0 Å². The topological polar surface area (TPSA) is 58.2 Å². The van der Waals surface area contributed by atoms with Gasteiger partial charge in [-0.3, -0.25) is 9.59 Å². The molecule has 5 heteroatoms. The van der Waals surface area contributed by atoms with Crippen LogP contribution < -0.4 is 10.6 Å². The Morgan fingerprint density at radius 1 is 1.15 bits per heavy atom. The highest BCUT2D eigenvalue weighted by molar-refractivity contribution is 6.18. The Morgan fingerprint density at radius 2 is 1.77 bits per heavy atom. The summed E-state index contributed by atoms with van der Waals surface area (Å²) >= 11 is 5.35. The minimum Gasteiger partial charge on any atom is -0.356 e. The third kappa shape index (κ3) is 7.59. The van der Waals surface area contributed by atoms with Crippen LogP contribution in [0, 0.1) is 0 Å². The standard InChI is InChI=1S/C8H15ClN2O2/c1-2-10-8(13)4-6-11-7(12)3-5-9/h2-6H2,1H3,(H,10,13)(H,11,12). The van der Waals surface area contributed by atoms with Crippen molar-refractivity contribution in [1.82, 2.24) is 10.6 Å². The highest BCUT2D eigenvalue weighted by Gasteiger charge is 2.01. The Bertz CT molecular complexity index is 156. The van der Waals surface area contributed by atoms with E-state index < -0.39 is 0 Å². The molecule has 0 bridgehead atoms. The third-order valence-electron chi connectivity index (χ3n) is 1.37. The average Bonchev–Trinajstić information content (AvgIpc) is 2.05. The Kier molecular flexibility index (Phi) is 7.39. The first-order valence-corrected chi connectivity index (χ1v) is 4.83. The molecule has 0 aromatic carbocycles. The van der Waals surface area contributed by atoms with Crippen LogP contribution in [-0.4, -0.2) is 30.8 Å². The molecule has 0 fully saturated rings. The molecular formula is C8H15ClN2O2. The molecule has 0 radical (unpaired) electrons. The summed E-state index contributed by atoms with van der Waals surface area (Å²) in [5.41, 5.74) is 0. The number of alkyl halides is 1. The average molecular weight is 207 g/mol. The van der Waals surface area contributed by atoms with E-state index in [-0.39, 0.29) is 11.8 Å². The molecular weight excluding hydrogens is 192 g/mol. The van der Waals surface area contributed by atoms with E-state index in [1.807, 2.05) is 6.92 Å². The van der Waals surface area contributed by atoms with Crippen molar-refractivity contribution in [2.45, 2.75) is 19.8 Å². The van der Waals surface area contributed by atoms with Crippen LogP contribution in [0.1, 0.15) is 19.8 Å². The van der Waals surface area contributed by atoms with Gasteiger partial charge in [0, 0.05) is 31.8 Å². The lowest BCUT2D eigenvalue weighted by Gasteiger charge is -2.03. The molecule has 2 N–H and O–H groups in total. The van der Waals surface area contributed by atoms with Crippen molar-refractivity contribution < 1.29 is 9.59 Å². The number of carbonyl (C=O) groups excluding carboxylic acids is 2. The van der Waals surface area contributed by atoms with Crippen molar-refractivity contribution in [3.8, 4) is 0 Å². The summed E-state index contributed by atoms with van der Waals surface area (Å²) in [7, 11) is 0. The summed E-state index contributed by atoms with van der Waals surface area (Å²) in [5.74, 6) is 0.153. The quantitative estimate of drug-likeness (QED) is 0.613. The van der Waals surface area contributed by atoms with Crippen LogP contribution in [0.15, 0.2) is 0 Å². The molecule has 0 aliphatic carbocycles. The van der Waals surface area contributed by atoms with Crippen molar-refractivity contribution in [2.24, 2.45) is 0 Å². The smallest absolute Gasteiger partial charge is 0.221 e. The largest absolute Gasteiger partial charge is 0.356 e. The summed E-state index contributed by atoms with van der Waals surface area (Å²) in [6.45, 7) is 2.85. The van der Waals surface area contributed by atoms with Crippen molar-refractivity contribution in [3.05, 3.63) is 0 Å². The van der Waals surface area contributed by atoms with Gasteiger partial charge in [-0.05, 0) is 6.92 Å². The molecule has 0 spiro atoms. The van der Waals surface area contributed by atoms with E-state index >= 15 is 0 Å². The molecule has 0 saturated carbocycles. The first-order chi connectivity index (χ1) is 6.20. The molecule has 0 unspecified atom stereocenters. The SMILES string of the molecule is CCNC(=O)CCNC(=O)CCCl.